The van der Waals surface area contributed by atoms with Crippen LogP contribution in [0.3, 0.4) is 0 Å². The fourth-order valence-electron chi connectivity index (χ4n) is 4.55. The number of pyridine rings is 1. The zero-order valence-electron chi connectivity index (χ0n) is 14.1. The predicted molar refractivity (Wildman–Crippen MR) is 89.9 cm³/mol. The molecule has 0 spiro atoms. The van der Waals surface area contributed by atoms with E-state index in [1.54, 1.807) is 6.07 Å². The fourth-order valence-corrected chi connectivity index (χ4v) is 6.08. The summed E-state index contributed by atoms with van der Waals surface area (Å²) in [5.41, 5.74) is 0.164. The first-order valence-corrected chi connectivity index (χ1v) is 10.3. The van der Waals surface area contributed by atoms with Crippen LogP contribution in [0.5, 0.6) is 0 Å². The number of nitrogens with zero attached hydrogens (tertiary/aromatic N) is 3. The van der Waals surface area contributed by atoms with Gasteiger partial charge in [-0.05, 0) is 37.7 Å². The van der Waals surface area contributed by atoms with Crippen LogP contribution in [0.1, 0.15) is 43.7 Å². The van der Waals surface area contributed by atoms with Gasteiger partial charge in [-0.1, -0.05) is 11.6 Å². The predicted octanol–water partition coefficient (Wildman–Crippen LogP) is 1.98. The second-order valence-corrected chi connectivity index (χ2v) is 9.65. The summed E-state index contributed by atoms with van der Waals surface area (Å²) in [6.07, 6.45) is 5.45. The molecule has 3 aliphatic rings. The Morgan fingerprint density at radius 1 is 1.35 bits per heavy atom. The van der Waals surface area contributed by atoms with E-state index in [0.717, 1.165) is 31.4 Å². The monoisotopic (exact) mass is 377 g/mol. The van der Waals surface area contributed by atoms with E-state index in [1.165, 1.54) is 10.5 Å². The van der Waals surface area contributed by atoms with Crippen LogP contribution >= 0.6 is 0 Å². The summed E-state index contributed by atoms with van der Waals surface area (Å²) < 4.78 is 32.8. The number of aromatic nitrogens is 2. The van der Waals surface area contributed by atoms with Crippen LogP contribution in [-0.4, -0.2) is 47.0 Å². The quantitative estimate of drug-likeness (QED) is 0.866. The van der Waals surface area contributed by atoms with Crippen molar-refractivity contribution in [3.8, 4) is 0 Å². The van der Waals surface area contributed by atoms with Crippen molar-refractivity contribution in [2.24, 2.45) is 11.3 Å². The number of fused-ring (bicyclic) bond motifs is 2. The zero-order valence-corrected chi connectivity index (χ0v) is 14.9. The molecule has 2 saturated carbocycles. The molecule has 2 aromatic rings. The molecule has 0 aromatic carbocycles. The molecular weight excluding hydrogens is 358 g/mol. The van der Waals surface area contributed by atoms with Crippen LogP contribution in [0.4, 0.5) is 0 Å². The number of hydrogen-bond acceptors (Lipinski definition) is 6. The van der Waals surface area contributed by atoms with Gasteiger partial charge in [-0.25, -0.2) is 13.4 Å². The lowest BCUT2D eigenvalue weighted by Gasteiger charge is -2.23. The van der Waals surface area contributed by atoms with Crippen molar-refractivity contribution in [2.75, 3.05) is 13.1 Å². The lowest BCUT2D eigenvalue weighted by molar-refractivity contribution is -0.149. The van der Waals surface area contributed by atoms with E-state index in [2.05, 4.69) is 10.1 Å². The Balaban J connectivity index is 1.52. The van der Waals surface area contributed by atoms with Gasteiger partial charge < -0.3 is 9.63 Å². The molecule has 26 heavy (non-hydrogen) atoms. The summed E-state index contributed by atoms with van der Waals surface area (Å²) in [6.45, 7) is 0.290. The van der Waals surface area contributed by atoms with Crippen LogP contribution in [-0.2, 0) is 14.8 Å². The molecule has 0 unspecified atom stereocenters. The summed E-state index contributed by atoms with van der Waals surface area (Å²) in [7, 11) is -3.81. The highest BCUT2D eigenvalue weighted by Gasteiger charge is 2.57. The number of sulfonamides is 1. The molecule has 1 saturated heterocycles. The van der Waals surface area contributed by atoms with E-state index in [0.29, 0.717) is 23.4 Å². The molecule has 138 valence electrons. The van der Waals surface area contributed by atoms with Crippen LogP contribution in [0.2, 0.25) is 0 Å². The molecule has 2 aliphatic carbocycles. The maximum Gasteiger partial charge on any atom is 0.311 e. The van der Waals surface area contributed by atoms with Crippen molar-refractivity contribution in [2.45, 2.75) is 42.9 Å². The molecule has 1 aliphatic heterocycles. The molecule has 3 heterocycles. The van der Waals surface area contributed by atoms with Gasteiger partial charge in [-0.2, -0.15) is 4.31 Å². The van der Waals surface area contributed by atoms with Gasteiger partial charge in [-0.15, -0.1) is 0 Å². The fraction of sp³-hybridized carbons (Fsp3) is 0.588. The van der Waals surface area contributed by atoms with Gasteiger partial charge in [-0.3, -0.25) is 4.79 Å². The maximum atomic E-state index is 13.1. The van der Waals surface area contributed by atoms with Crippen LogP contribution < -0.4 is 0 Å². The Morgan fingerprint density at radius 2 is 2.15 bits per heavy atom. The SMILES string of the molecule is O=C(O)[C@@]12CCC[C@H]1CN(S(=O)(=O)c1cnc3onc(C4CC4)c3c1)C2. The standard InChI is InChI=1S/C17H19N3O5S/c21-16(22)17-5-1-2-11(17)8-20(9-17)26(23,24)12-6-13-14(10-3-4-10)19-25-15(13)18-7-12/h6-7,10-11H,1-5,8-9H2,(H,21,22)/t11-,17+/m0/s1. The topological polar surface area (TPSA) is 114 Å². The third kappa shape index (κ3) is 2.16. The molecule has 0 radical (unpaired) electrons. The van der Waals surface area contributed by atoms with Gasteiger partial charge >= 0.3 is 5.97 Å². The van der Waals surface area contributed by atoms with E-state index < -0.39 is 21.4 Å². The van der Waals surface area contributed by atoms with Crippen molar-refractivity contribution >= 4 is 27.1 Å². The van der Waals surface area contributed by atoms with Gasteiger partial charge in [0.1, 0.15) is 4.90 Å². The van der Waals surface area contributed by atoms with Gasteiger partial charge in [0.2, 0.25) is 10.0 Å². The van der Waals surface area contributed by atoms with E-state index in [4.69, 9.17) is 4.52 Å². The molecule has 8 nitrogen and oxygen atoms in total. The normalized spacial score (nSPS) is 29.3. The lowest BCUT2D eigenvalue weighted by atomic mass is 9.81. The van der Waals surface area contributed by atoms with Gasteiger partial charge in [0.25, 0.3) is 5.71 Å². The molecular formula is C17H19N3O5S. The minimum atomic E-state index is -3.81. The smallest absolute Gasteiger partial charge is 0.311 e. The average Bonchev–Trinajstić information content (AvgIpc) is 3.06. The Bertz CT molecular complexity index is 1010. The average molecular weight is 377 g/mol. The number of carboxylic acid groups (broad SMARTS) is 1. The first-order chi connectivity index (χ1) is 12.4. The van der Waals surface area contributed by atoms with Crippen molar-refractivity contribution in [1.82, 2.24) is 14.4 Å². The molecule has 5 rings (SSSR count). The first-order valence-electron chi connectivity index (χ1n) is 8.91. The Kier molecular flexibility index (Phi) is 3.28. The summed E-state index contributed by atoms with van der Waals surface area (Å²) >= 11 is 0. The third-order valence-electron chi connectivity index (χ3n) is 6.20. The van der Waals surface area contributed by atoms with Crippen molar-refractivity contribution in [1.29, 1.82) is 0 Å². The zero-order chi connectivity index (χ0) is 18.1. The second kappa shape index (κ2) is 5.26. The molecule has 0 bridgehead atoms. The number of carbonyl (C=O) groups is 1. The third-order valence-corrected chi connectivity index (χ3v) is 7.98. The summed E-state index contributed by atoms with van der Waals surface area (Å²) in [4.78, 5) is 16.0. The Labute approximate surface area is 150 Å². The minimum absolute atomic E-state index is 0.0342. The largest absolute Gasteiger partial charge is 0.481 e. The highest BCUT2D eigenvalue weighted by atomic mass is 32.2. The van der Waals surface area contributed by atoms with E-state index >= 15 is 0 Å². The van der Waals surface area contributed by atoms with Crippen LogP contribution in [0.15, 0.2) is 21.7 Å². The van der Waals surface area contributed by atoms with Crippen molar-refractivity contribution in [3.63, 3.8) is 0 Å². The van der Waals surface area contributed by atoms with Crippen LogP contribution in [0.25, 0.3) is 11.1 Å². The highest BCUT2D eigenvalue weighted by molar-refractivity contribution is 7.89. The maximum absolute atomic E-state index is 13.1. The first kappa shape index (κ1) is 16.2. The molecule has 2 aromatic heterocycles. The van der Waals surface area contributed by atoms with E-state index in [9.17, 15) is 18.3 Å². The number of rotatable bonds is 4. The lowest BCUT2D eigenvalue weighted by Crippen LogP contribution is -2.37. The van der Waals surface area contributed by atoms with Crippen LogP contribution in [0, 0.1) is 11.3 Å². The molecule has 0 amide bonds. The molecule has 9 heteroatoms. The van der Waals surface area contributed by atoms with Gasteiger partial charge in [0, 0.05) is 19.0 Å². The second-order valence-electron chi connectivity index (χ2n) is 7.71. The Hall–Kier alpha value is -2.00. The number of hydrogen-bond donors (Lipinski definition) is 1. The number of carboxylic acids is 1. The number of aliphatic carboxylic acids is 1. The summed E-state index contributed by atoms with van der Waals surface area (Å²) in [5, 5.41) is 14.4. The summed E-state index contributed by atoms with van der Waals surface area (Å²) in [6, 6.07) is 1.57. The molecule has 1 N–H and O–H groups in total. The minimum Gasteiger partial charge on any atom is -0.481 e. The highest BCUT2D eigenvalue weighted by Crippen LogP contribution is 2.50. The molecule has 2 atom stereocenters. The molecule has 3 fully saturated rings. The van der Waals surface area contributed by atoms with E-state index in [1.807, 2.05) is 0 Å². The Morgan fingerprint density at radius 3 is 2.85 bits per heavy atom. The van der Waals surface area contributed by atoms with Crippen molar-refractivity contribution < 1.29 is 22.8 Å². The van der Waals surface area contributed by atoms with Gasteiger partial charge in [0.15, 0.2) is 0 Å². The van der Waals surface area contributed by atoms with Crippen molar-refractivity contribution in [3.05, 3.63) is 18.0 Å². The van der Waals surface area contributed by atoms with Gasteiger partial charge in [0.05, 0.1) is 22.7 Å². The summed E-state index contributed by atoms with van der Waals surface area (Å²) in [5.74, 6) is -0.692. The van der Waals surface area contributed by atoms with E-state index in [-0.39, 0.29) is 23.9 Å².